The van der Waals surface area contributed by atoms with E-state index in [1.165, 1.54) is 6.20 Å². The van der Waals surface area contributed by atoms with Gasteiger partial charge in [0, 0.05) is 18.2 Å². The number of nitrogens with two attached hydrogens (primary N) is 1. The normalized spacial score (nSPS) is 10.2. The molecule has 4 nitrogen and oxygen atoms in total. The third-order valence-electron chi connectivity index (χ3n) is 1.94. The van der Waals surface area contributed by atoms with E-state index in [0.717, 1.165) is 0 Å². The fourth-order valence-electron chi connectivity index (χ4n) is 1.06. The Balaban J connectivity index is 2.68. The second-order valence-corrected chi connectivity index (χ2v) is 3.57. The molecule has 0 atom stereocenters. The number of halogens is 2. The maximum Gasteiger partial charge on any atom is 0.306 e. The van der Waals surface area contributed by atoms with Crippen LogP contribution in [0.4, 0.5) is 10.1 Å². The first-order valence-corrected chi connectivity index (χ1v) is 5.18. The highest BCUT2D eigenvalue weighted by atomic mass is 35.5. The molecule has 0 aliphatic heterocycles. The minimum atomic E-state index is -0.786. The van der Waals surface area contributed by atoms with E-state index in [1.807, 2.05) is 6.92 Å². The summed E-state index contributed by atoms with van der Waals surface area (Å²) in [6, 6.07) is 0. The predicted octanol–water partition coefficient (Wildman–Crippen LogP) is 2.30. The molecule has 0 bridgehead atoms. The summed E-state index contributed by atoms with van der Waals surface area (Å²) in [5.74, 6) is -1.14. The van der Waals surface area contributed by atoms with E-state index < -0.39 is 5.82 Å². The summed E-state index contributed by atoms with van der Waals surface area (Å²) in [5, 5.41) is -0.291. The molecule has 1 heterocycles. The Morgan fingerprint density at radius 1 is 1.69 bits per heavy atom. The lowest BCUT2D eigenvalue weighted by Gasteiger charge is -2.07. The number of anilines is 1. The van der Waals surface area contributed by atoms with E-state index in [2.05, 4.69) is 4.98 Å². The minimum Gasteiger partial charge on any atom is -0.461 e. The van der Waals surface area contributed by atoms with Crippen LogP contribution in [-0.2, 0) is 16.1 Å². The number of ether oxygens (including phenoxy) is 1. The summed E-state index contributed by atoms with van der Waals surface area (Å²) in [5.41, 5.74) is 5.63. The highest BCUT2D eigenvalue weighted by Crippen LogP contribution is 2.21. The lowest BCUT2D eigenvalue weighted by molar-refractivity contribution is -0.144. The first-order valence-electron chi connectivity index (χ1n) is 4.80. The van der Waals surface area contributed by atoms with E-state index in [4.69, 9.17) is 22.1 Å². The molecule has 0 saturated heterocycles. The van der Waals surface area contributed by atoms with Crippen molar-refractivity contribution in [2.75, 3.05) is 5.73 Å². The molecule has 88 valence electrons. The van der Waals surface area contributed by atoms with Gasteiger partial charge in [0.05, 0.1) is 5.69 Å². The van der Waals surface area contributed by atoms with Gasteiger partial charge in [-0.2, -0.15) is 0 Å². The van der Waals surface area contributed by atoms with Crippen molar-refractivity contribution in [1.82, 2.24) is 4.98 Å². The maximum atomic E-state index is 13.2. The molecule has 16 heavy (non-hydrogen) atoms. The first-order chi connectivity index (χ1) is 7.56. The maximum absolute atomic E-state index is 13.2. The molecule has 0 aliphatic rings. The Labute approximate surface area is 97.6 Å². The van der Waals surface area contributed by atoms with Crippen molar-refractivity contribution in [2.24, 2.45) is 0 Å². The summed E-state index contributed by atoms with van der Waals surface area (Å²) in [6.45, 7) is 1.77. The van der Waals surface area contributed by atoms with Crippen LogP contribution in [-0.4, -0.2) is 11.0 Å². The van der Waals surface area contributed by atoms with Gasteiger partial charge < -0.3 is 10.5 Å². The van der Waals surface area contributed by atoms with Crippen molar-refractivity contribution in [3.05, 3.63) is 22.7 Å². The number of carbonyl (C=O) groups excluding carboxylic acids is 1. The van der Waals surface area contributed by atoms with Crippen molar-refractivity contribution >= 4 is 23.3 Å². The fraction of sp³-hybridized carbons (Fsp3) is 0.400. The zero-order valence-electron chi connectivity index (χ0n) is 8.80. The number of nitrogens with zero attached hydrogens (tertiary/aromatic N) is 1. The number of nitrogen functional groups attached to an aromatic ring is 1. The van der Waals surface area contributed by atoms with Crippen molar-refractivity contribution in [2.45, 2.75) is 26.4 Å². The molecule has 0 aromatic carbocycles. The minimum absolute atomic E-state index is 0.0915. The number of rotatable bonds is 4. The Morgan fingerprint density at radius 3 is 3.00 bits per heavy atom. The summed E-state index contributed by atoms with van der Waals surface area (Å²) >= 11 is 5.42. The molecule has 0 aliphatic carbocycles. The Kier molecular flexibility index (Phi) is 4.49. The average molecular weight is 247 g/mol. The Hall–Kier alpha value is -1.36. The number of aromatic nitrogens is 1. The van der Waals surface area contributed by atoms with Gasteiger partial charge >= 0.3 is 5.97 Å². The van der Waals surface area contributed by atoms with Crippen LogP contribution < -0.4 is 5.73 Å². The molecular weight excluding hydrogens is 235 g/mol. The van der Waals surface area contributed by atoms with Crippen molar-refractivity contribution < 1.29 is 13.9 Å². The van der Waals surface area contributed by atoms with E-state index >= 15 is 0 Å². The van der Waals surface area contributed by atoms with Crippen molar-refractivity contribution in [3.8, 4) is 0 Å². The molecule has 0 saturated carbocycles. The largest absolute Gasteiger partial charge is 0.461 e. The van der Waals surface area contributed by atoms with Crippen molar-refractivity contribution in [1.29, 1.82) is 0 Å². The van der Waals surface area contributed by atoms with Crippen LogP contribution in [0.3, 0.4) is 0 Å². The molecule has 0 fully saturated rings. The number of carbonyl (C=O) groups is 1. The molecule has 0 spiro atoms. The van der Waals surface area contributed by atoms with Crippen LogP contribution in [0, 0.1) is 5.82 Å². The zero-order chi connectivity index (χ0) is 12.1. The second-order valence-electron chi connectivity index (χ2n) is 3.21. The molecule has 1 rings (SSSR count). The van der Waals surface area contributed by atoms with Gasteiger partial charge in [-0.3, -0.25) is 4.79 Å². The molecule has 6 heteroatoms. The van der Waals surface area contributed by atoms with Crippen LogP contribution in [0.15, 0.2) is 6.20 Å². The van der Waals surface area contributed by atoms with Gasteiger partial charge in [-0.1, -0.05) is 18.5 Å². The zero-order valence-corrected chi connectivity index (χ0v) is 9.55. The highest BCUT2D eigenvalue weighted by molar-refractivity contribution is 6.29. The van der Waals surface area contributed by atoms with Crippen LogP contribution in [0.1, 0.15) is 25.3 Å². The molecule has 0 amide bonds. The smallest absolute Gasteiger partial charge is 0.306 e. The van der Waals surface area contributed by atoms with E-state index in [-0.39, 0.29) is 23.4 Å². The molecule has 0 unspecified atom stereocenters. The Morgan fingerprint density at radius 2 is 2.38 bits per heavy atom. The van der Waals surface area contributed by atoms with Gasteiger partial charge in [0.1, 0.15) is 6.61 Å². The van der Waals surface area contributed by atoms with Crippen LogP contribution in [0.2, 0.25) is 5.15 Å². The molecule has 2 N–H and O–H groups in total. The summed E-state index contributed by atoms with van der Waals surface area (Å²) < 4.78 is 18.1. The fourth-order valence-corrected chi connectivity index (χ4v) is 1.21. The topological polar surface area (TPSA) is 65.2 Å². The number of esters is 1. The summed E-state index contributed by atoms with van der Waals surface area (Å²) in [7, 11) is 0. The van der Waals surface area contributed by atoms with Gasteiger partial charge in [0.2, 0.25) is 0 Å². The molecular formula is C10H12ClFN2O2. The summed E-state index contributed by atoms with van der Waals surface area (Å²) in [4.78, 5) is 14.7. The number of pyridine rings is 1. The molecule has 0 radical (unpaired) electrons. The molecule has 1 aromatic heterocycles. The van der Waals surface area contributed by atoms with Crippen LogP contribution in [0.25, 0.3) is 0 Å². The average Bonchev–Trinajstić information content (AvgIpc) is 2.25. The second kappa shape index (κ2) is 5.65. The first kappa shape index (κ1) is 12.7. The van der Waals surface area contributed by atoms with E-state index in [9.17, 15) is 9.18 Å². The lowest BCUT2D eigenvalue weighted by Crippen LogP contribution is -2.07. The predicted molar refractivity (Wildman–Crippen MR) is 58.3 cm³/mol. The summed E-state index contributed by atoms with van der Waals surface area (Å²) in [6.07, 6.45) is 2.31. The SMILES string of the molecule is CCCC(=O)OCc1cnc(Cl)c(F)c1N. The number of hydrogen-bond acceptors (Lipinski definition) is 4. The Bertz CT molecular complexity index is 399. The third-order valence-corrected chi connectivity index (χ3v) is 2.20. The van der Waals surface area contributed by atoms with Crippen LogP contribution >= 0.6 is 11.6 Å². The van der Waals surface area contributed by atoms with Gasteiger partial charge in [0.25, 0.3) is 0 Å². The standard InChI is InChI=1S/C10H12ClFN2O2/c1-2-3-7(15)16-5-6-4-14-10(11)8(12)9(6)13/h4H,2-3,5H2,1H3,(H2,13,14). The van der Waals surface area contributed by atoms with Crippen LogP contribution in [0.5, 0.6) is 0 Å². The van der Waals surface area contributed by atoms with E-state index in [1.54, 1.807) is 0 Å². The van der Waals surface area contributed by atoms with Gasteiger partial charge in [-0.05, 0) is 6.42 Å². The quantitative estimate of drug-likeness (QED) is 0.654. The van der Waals surface area contributed by atoms with Gasteiger partial charge in [-0.15, -0.1) is 0 Å². The van der Waals surface area contributed by atoms with Gasteiger partial charge in [-0.25, -0.2) is 9.37 Å². The molecule has 1 aromatic rings. The van der Waals surface area contributed by atoms with Crippen molar-refractivity contribution in [3.63, 3.8) is 0 Å². The number of hydrogen-bond donors (Lipinski definition) is 1. The third kappa shape index (κ3) is 3.06. The lowest BCUT2D eigenvalue weighted by atomic mass is 10.2. The highest BCUT2D eigenvalue weighted by Gasteiger charge is 2.12. The monoisotopic (exact) mass is 246 g/mol. The van der Waals surface area contributed by atoms with Gasteiger partial charge in [0.15, 0.2) is 11.0 Å². The van der Waals surface area contributed by atoms with E-state index in [0.29, 0.717) is 18.4 Å².